The van der Waals surface area contributed by atoms with Gasteiger partial charge in [-0.2, -0.15) is 0 Å². The number of nitrogens with zero attached hydrogens (tertiary/aromatic N) is 1. The van der Waals surface area contributed by atoms with Crippen LogP contribution in [0.15, 0.2) is 36.4 Å². The number of thiocarbonyl (C=S) groups is 1. The number of hydrogen-bond donors (Lipinski definition) is 1. The van der Waals surface area contributed by atoms with Crippen LogP contribution in [0.25, 0.3) is 0 Å². The van der Waals surface area contributed by atoms with E-state index in [0.29, 0.717) is 24.0 Å². The van der Waals surface area contributed by atoms with Gasteiger partial charge in [-0.15, -0.1) is 0 Å². The van der Waals surface area contributed by atoms with Crippen LogP contribution < -0.4 is 19.5 Å². The molecular weight excluding hydrogens is 348 g/mol. The molecule has 2 rings (SSSR count). The van der Waals surface area contributed by atoms with Crippen LogP contribution in [-0.4, -0.2) is 37.9 Å². The SMILES string of the molecule is CCOc1ccc(NC(=S)N(C)Cc2cc(OC)c(OC)cc2C)cc1. The van der Waals surface area contributed by atoms with E-state index in [1.165, 1.54) is 0 Å². The molecule has 0 unspecified atom stereocenters. The van der Waals surface area contributed by atoms with Gasteiger partial charge in [-0.05, 0) is 73.6 Å². The Morgan fingerprint density at radius 3 is 2.27 bits per heavy atom. The molecule has 2 aromatic carbocycles. The molecule has 140 valence electrons. The van der Waals surface area contributed by atoms with E-state index in [1.54, 1.807) is 14.2 Å². The van der Waals surface area contributed by atoms with Crippen LogP contribution >= 0.6 is 12.2 Å². The molecule has 0 aromatic heterocycles. The molecule has 2 aromatic rings. The minimum atomic E-state index is 0.642. The number of aryl methyl sites for hydroxylation is 1. The van der Waals surface area contributed by atoms with Crippen molar-refractivity contribution >= 4 is 23.0 Å². The normalized spacial score (nSPS) is 10.2. The zero-order valence-electron chi connectivity index (χ0n) is 16.0. The fourth-order valence-electron chi connectivity index (χ4n) is 2.54. The van der Waals surface area contributed by atoms with E-state index < -0.39 is 0 Å². The number of ether oxygens (including phenoxy) is 3. The Kier molecular flexibility index (Phi) is 7.09. The highest BCUT2D eigenvalue weighted by Gasteiger charge is 2.12. The summed E-state index contributed by atoms with van der Waals surface area (Å²) in [5.41, 5.74) is 3.17. The standard InChI is InChI=1S/C20H26N2O3S/c1-6-25-17-9-7-16(8-10-17)21-20(26)22(3)13-15-12-19(24-5)18(23-4)11-14(15)2/h7-12H,6,13H2,1-5H3,(H,21,26). The van der Waals surface area contributed by atoms with Crippen molar-refractivity contribution in [3.8, 4) is 17.2 Å². The molecule has 1 N–H and O–H groups in total. The second-order valence-electron chi connectivity index (χ2n) is 5.88. The summed E-state index contributed by atoms with van der Waals surface area (Å²) < 4.78 is 16.2. The second-order valence-corrected chi connectivity index (χ2v) is 6.26. The summed E-state index contributed by atoms with van der Waals surface area (Å²) in [6.45, 7) is 5.33. The Balaban J connectivity index is 2.04. The maximum absolute atomic E-state index is 5.52. The first kappa shape index (κ1) is 19.8. The van der Waals surface area contributed by atoms with Gasteiger partial charge in [0.05, 0.1) is 20.8 Å². The number of hydrogen-bond acceptors (Lipinski definition) is 4. The summed E-state index contributed by atoms with van der Waals surface area (Å²) in [6, 6.07) is 11.7. The first-order chi connectivity index (χ1) is 12.5. The number of methoxy groups -OCH3 is 2. The summed E-state index contributed by atoms with van der Waals surface area (Å²) in [5.74, 6) is 2.29. The van der Waals surface area contributed by atoms with Gasteiger partial charge in [0.2, 0.25) is 0 Å². The molecule has 5 nitrogen and oxygen atoms in total. The molecule has 0 aliphatic carbocycles. The van der Waals surface area contributed by atoms with Crippen molar-refractivity contribution in [2.75, 3.05) is 33.2 Å². The molecule has 0 fully saturated rings. The fraction of sp³-hybridized carbons (Fsp3) is 0.350. The third-order valence-electron chi connectivity index (χ3n) is 4.01. The van der Waals surface area contributed by atoms with Crippen molar-refractivity contribution in [3.63, 3.8) is 0 Å². The Labute approximate surface area is 160 Å². The first-order valence-corrected chi connectivity index (χ1v) is 8.85. The highest BCUT2D eigenvalue weighted by Crippen LogP contribution is 2.30. The van der Waals surface area contributed by atoms with Gasteiger partial charge in [0.15, 0.2) is 16.6 Å². The fourth-order valence-corrected chi connectivity index (χ4v) is 2.72. The summed E-state index contributed by atoms with van der Waals surface area (Å²) in [7, 11) is 5.23. The smallest absolute Gasteiger partial charge is 0.173 e. The lowest BCUT2D eigenvalue weighted by Gasteiger charge is -2.23. The molecule has 0 atom stereocenters. The molecule has 0 saturated heterocycles. The largest absolute Gasteiger partial charge is 0.494 e. The zero-order chi connectivity index (χ0) is 19.1. The number of nitrogens with one attached hydrogen (secondary N) is 1. The van der Waals surface area contributed by atoms with Gasteiger partial charge in [0, 0.05) is 19.3 Å². The summed E-state index contributed by atoms with van der Waals surface area (Å²) in [5, 5.41) is 3.89. The molecule has 6 heteroatoms. The minimum absolute atomic E-state index is 0.642. The monoisotopic (exact) mass is 374 g/mol. The number of benzene rings is 2. The van der Waals surface area contributed by atoms with Crippen LogP contribution in [-0.2, 0) is 6.54 Å². The predicted molar refractivity (Wildman–Crippen MR) is 110 cm³/mol. The van der Waals surface area contributed by atoms with Gasteiger partial charge in [0.1, 0.15) is 5.75 Å². The van der Waals surface area contributed by atoms with Gasteiger partial charge in [-0.25, -0.2) is 0 Å². The predicted octanol–water partition coefficient (Wildman–Crippen LogP) is 4.24. The van der Waals surface area contributed by atoms with Gasteiger partial charge in [0.25, 0.3) is 0 Å². The second kappa shape index (κ2) is 9.29. The first-order valence-electron chi connectivity index (χ1n) is 8.45. The summed E-state index contributed by atoms with van der Waals surface area (Å²) in [6.07, 6.45) is 0. The molecule has 0 radical (unpaired) electrons. The maximum atomic E-state index is 5.52. The van der Waals surface area contributed by atoms with Gasteiger partial charge < -0.3 is 24.4 Å². The van der Waals surface area contributed by atoms with Crippen molar-refractivity contribution in [1.29, 1.82) is 0 Å². The third-order valence-corrected chi connectivity index (χ3v) is 4.43. The van der Waals surface area contributed by atoms with Crippen LogP contribution in [0.1, 0.15) is 18.1 Å². The van der Waals surface area contributed by atoms with Crippen molar-refractivity contribution < 1.29 is 14.2 Å². The van der Waals surface area contributed by atoms with Crippen LogP contribution in [0.2, 0.25) is 0 Å². The quantitative estimate of drug-likeness (QED) is 0.731. The molecule has 0 aliphatic heterocycles. The van der Waals surface area contributed by atoms with E-state index >= 15 is 0 Å². The molecule has 0 aliphatic rings. The lowest BCUT2D eigenvalue weighted by molar-refractivity contribution is 0.340. The summed E-state index contributed by atoms with van der Waals surface area (Å²) >= 11 is 5.52. The summed E-state index contributed by atoms with van der Waals surface area (Å²) in [4.78, 5) is 1.99. The van der Waals surface area contributed by atoms with E-state index in [-0.39, 0.29) is 0 Å². The molecule has 0 saturated carbocycles. The van der Waals surface area contributed by atoms with E-state index in [2.05, 4.69) is 5.32 Å². The molecule has 0 heterocycles. The van der Waals surface area contributed by atoms with E-state index in [0.717, 1.165) is 28.3 Å². The van der Waals surface area contributed by atoms with Crippen LogP contribution in [0.3, 0.4) is 0 Å². The topological polar surface area (TPSA) is 43.0 Å². The molecule has 0 bridgehead atoms. The Morgan fingerprint density at radius 2 is 1.69 bits per heavy atom. The van der Waals surface area contributed by atoms with Crippen LogP contribution in [0, 0.1) is 6.92 Å². The molecule has 0 spiro atoms. The lowest BCUT2D eigenvalue weighted by Crippen LogP contribution is -2.30. The molecule has 26 heavy (non-hydrogen) atoms. The maximum Gasteiger partial charge on any atom is 0.173 e. The van der Waals surface area contributed by atoms with Crippen LogP contribution in [0.5, 0.6) is 17.2 Å². The van der Waals surface area contributed by atoms with Gasteiger partial charge >= 0.3 is 0 Å². The van der Waals surface area contributed by atoms with Gasteiger partial charge in [-0.3, -0.25) is 0 Å². The van der Waals surface area contributed by atoms with Gasteiger partial charge in [-0.1, -0.05) is 0 Å². The number of rotatable bonds is 7. The highest BCUT2D eigenvalue weighted by molar-refractivity contribution is 7.80. The van der Waals surface area contributed by atoms with Crippen molar-refractivity contribution in [1.82, 2.24) is 4.90 Å². The molecule has 0 amide bonds. The van der Waals surface area contributed by atoms with Crippen LogP contribution in [0.4, 0.5) is 5.69 Å². The van der Waals surface area contributed by atoms with E-state index in [1.807, 2.05) is 62.2 Å². The van der Waals surface area contributed by atoms with E-state index in [9.17, 15) is 0 Å². The Hall–Kier alpha value is -2.47. The third kappa shape index (κ3) is 5.02. The molecular formula is C20H26N2O3S. The lowest BCUT2D eigenvalue weighted by atomic mass is 10.1. The average Bonchev–Trinajstić information content (AvgIpc) is 2.64. The number of anilines is 1. The van der Waals surface area contributed by atoms with E-state index in [4.69, 9.17) is 26.4 Å². The Bertz CT molecular complexity index is 747. The minimum Gasteiger partial charge on any atom is -0.494 e. The van der Waals surface area contributed by atoms with Crippen molar-refractivity contribution in [2.45, 2.75) is 20.4 Å². The zero-order valence-corrected chi connectivity index (χ0v) is 16.8. The average molecular weight is 375 g/mol. The Morgan fingerprint density at radius 1 is 1.08 bits per heavy atom. The van der Waals surface area contributed by atoms with Crippen molar-refractivity contribution in [3.05, 3.63) is 47.5 Å². The van der Waals surface area contributed by atoms with Crippen molar-refractivity contribution in [2.24, 2.45) is 0 Å². The highest BCUT2D eigenvalue weighted by atomic mass is 32.1.